The number of benzene rings is 2. The van der Waals surface area contributed by atoms with Crippen LogP contribution >= 0.6 is 0 Å². The van der Waals surface area contributed by atoms with Crippen LogP contribution in [0.15, 0.2) is 54.6 Å². The third-order valence-corrected chi connectivity index (χ3v) is 4.94. The Morgan fingerprint density at radius 3 is 2.03 bits per heavy atom. The van der Waals surface area contributed by atoms with Gasteiger partial charge in [-0.2, -0.15) is 0 Å². The number of nitrogens with zero attached hydrogens (tertiary/aromatic N) is 1. The molecule has 0 aliphatic heterocycles. The summed E-state index contributed by atoms with van der Waals surface area (Å²) >= 11 is 0. The summed E-state index contributed by atoms with van der Waals surface area (Å²) in [6, 6.07) is 16.8. The topological polar surface area (TPSA) is 58.6 Å². The molecule has 0 bridgehead atoms. The van der Waals surface area contributed by atoms with Crippen molar-refractivity contribution in [2.75, 3.05) is 6.61 Å². The van der Waals surface area contributed by atoms with Crippen molar-refractivity contribution in [3.63, 3.8) is 0 Å². The van der Waals surface area contributed by atoms with Crippen molar-refractivity contribution in [3.8, 4) is 5.75 Å². The maximum atomic E-state index is 13.1. The quantitative estimate of drug-likeness (QED) is 0.701. The van der Waals surface area contributed by atoms with E-state index in [9.17, 15) is 9.59 Å². The molecule has 0 radical (unpaired) electrons. The Hall–Kier alpha value is -2.82. The van der Waals surface area contributed by atoms with Crippen LogP contribution in [0, 0.1) is 0 Å². The molecule has 2 rings (SSSR count). The van der Waals surface area contributed by atoms with Gasteiger partial charge in [-0.15, -0.1) is 0 Å². The average Bonchev–Trinajstić information content (AvgIpc) is 2.69. The van der Waals surface area contributed by atoms with E-state index in [-0.39, 0.29) is 29.4 Å². The lowest BCUT2D eigenvalue weighted by atomic mass is 9.87. The number of rotatable bonds is 7. The van der Waals surface area contributed by atoms with Crippen molar-refractivity contribution in [3.05, 3.63) is 65.7 Å². The second kappa shape index (κ2) is 9.99. The number of amides is 2. The molecule has 31 heavy (non-hydrogen) atoms. The largest absolute Gasteiger partial charge is 0.484 e. The number of hydrogen-bond donors (Lipinski definition) is 1. The minimum absolute atomic E-state index is 0.0523. The minimum Gasteiger partial charge on any atom is -0.484 e. The zero-order chi connectivity index (χ0) is 23.2. The molecular formula is C26H36N2O3. The maximum absolute atomic E-state index is 13.1. The van der Waals surface area contributed by atoms with E-state index >= 15 is 0 Å². The van der Waals surface area contributed by atoms with Crippen molar-refractivity contribution >= 4 is 11.8 Å². The molecule has 0 aliphatic rings. The molecule has 2 aromatic rings. The fraction of sp³-hybridized carbons (Fsp3) is 0.462. The normalized spacial score (nSPS) is 12.7. The van der Waals surface area contributed by atoms with Gasteiger partial charge in [-0.05, 0) is 56.4 Å². The predicted molar refractivity (Wildman–Crippen MR) is 125 cm³/mol. The summed E-state index contributed by atoms with van der Waals surface area (Å²) in [6.07, 6.45) is 0. The summed E-state index contributed by atoms with van der Waals surface area (Å²) < 4.78 is 5.76. The number of carbonyl (C=O) groups is 2. The van der Waals surface area contributed by atoms with E-state index in [1.807, 2.05) is 75.4 Å². The summed E-state index contributed by atoms with van der Waals surface area (Å²) in [4.78, 5) is 27.4. The van der Waals surface area contributed by atoms with E-state index in [1.54, 1.807) is 11.8 Å². The summed E-state index contributed by atoms with van der Waals surface area (Å²) in [5, 5.41) is 2.96. The smallest absolute Gasteiger partial charge is 0.261 e. The molecule has 2 amide bonds. The molecular weight excluding hydrogens is 388 g/mol. The van der Waals surface area contributed by atoms with Gasteiger partial charge in [0.05, 0.1) is 0 Å². The van der Waals surface area contributed by atoms with E-state index < -0.39 is 6.04 Å². The molecule has 1 N–H and O–H groups in total. The van der Waals surface area contributed by atoms with Crippen LogP contribution in [0.2, 0.25) is 0 Å². The first kappa shape index (κ1) is 24.4. The molecule has 0 aliphatic carbocycles. The number of ether oxygens (including phenoxy) is 1. The third kappa shape index (κ3) is 7.74. The van der Waals surface area contributed by atoms with Crippen LogP contribution in [0.4, 0.5) is 0 Å². The predicted octanol–water partition coefficient (Wildman–Crippen LogP) is 4.69. The third-order valence-electron chi connectivity index (χ3n) is 4.94. The van der Waals surface area contributed by atoms with Crippen LogP contribution in [0.25, 0.3) is 0 Å². The Balaban J connectivity index is 2.12. The highest BCUT2D eigenvalue weighted by Gasteiger charge is 2.28. The van der Waals surface area contributed by atoms with Crippen molar-refractivity contribution < 1.29 is 14.3 Å². The molecule has 168 valence electrons. The Labute approximate surface area is 186 Å². The van der Waals surface area contributed by atoms with Gasteiger partial charge >= 0.3 is 0 Å². The molecule has 0 aromatic heterocycles. The highest BCUT2D eigenvalue weighted by Crippen LogP contribution is 2.24. The maximum Gasteiger partial charge on any atom is 0.261 e. The van der Waals surface area contributed by atoms with Crippen molar-refractivity contribution in [2.45, 2.75) is 72.0 Å². The lowest BCUT2D eigenvalue weighted by Gasteiger charge is -2.31. The molecule has 0 fully saturated rings. The van der Waals surface area contributed by atoms with Gasteiger partial charge in [-0.25, -0.2) is 0 Å². The minimum atomic E-state index is -0.626. The average molecular weight is 425 g/mol. The molecule has 5 nitrogen and oxygen atoms in total. The molecule has 0 heterocycles. The zero-order valence-electron chi connectivity index (χ0n) is 19.9. The standard InChI is InChI=1S/C26H36N2O3/c1-19(24(30)27-26(5,6)7)28(17-20-11-9-8-10-12-20)23(29)18-31-22-15-13-21(14-16-22)25(2,3)4/h8-16,19H,17-18H2,1-7H3,(H,27,30). The Morgan fingerprint density at radius 2 is 1.52 bits per heavy atom. The Kier molecular flexibility index (Phi) is 7.88. The SMILES string of the molecule is CC(C(=O)NC(C)(C)C)N(Cc1ccccc1)C(=O)COc1ccc(C(C)(C)C)cc1. The van der Waals surface area contributed by atoms with Crippen molar-refractivity contribution in [1.82, 2.24) is 10.2 Å². The monoisotopic (exact) mass is 424 g/mol. The number of nitrogens with one attached hydrogen (secondary N) is 1. The molecule has 1 atom stereocenters. The zero-order valence-corrected chi connectivity index (χ0v) is 19.9. The Bertz CT molecular complexity index is 862. The number of carbonyl (C=O) groups excluding carboxylic acids is 2. The van der Waals surface area contributed by atoms with E-state index in [1.165, 1.54) is 5.56 Å². The van der Waals surface area contributed by atoms with Gasteiger partial charge in [0.2, 0.25) is 5.91 Å². The first-order valence-electron chi connectivity index (χ1n) is 10.8. The van der Waals surface area contributed by atoms with Gasteiger partial charge in [-0.1, -0.05) is 63.2 Å². The summed E-state index contributed by atoms with van der Waals surface area (Å²) in [5.74, 6) is 0.208. The van der Waals surface area contributed by atoms with E-state index in [0.29, 0.717) is 12.3 Å². The second-order valence-corrected chi connectivity index (χ2v) is 9.99. The van der Waals surface area contributed by atoms with Gasteiger partial charge in [0, 0.05) is 12.1 Å². The highest BCUT2D eigenvalue weighted by atomic mass is 16.5. The van der Waals surface area contributed by atoms with Crippen molar-refractivity contribution in [2.24, 2.45) is 0 Å². The molecule has 1 unspecified atom stereocenters. The summed E-state index contributed by atoms with van der Waals surface area (Å²) in [5.41, 5.74) is 1.83. The Morgan fingerprint density at radius 1 is 0.935 bits per heavy atom. The van der Waals surface area contributed by atoms with Crippen molar-refractivity contribution in [1.29, 1.82) is 0 Å². The van der Waals surface area contributed by atoms with Crippen LogP contribution in [0.5, 0.6) is 5.75 Å². The van der Waals surface area contributed by atoms with Gasteiger partial charge in [0.25, 0.3) is 5.91 Å². The van der Waals surface area contributed by atoms with Gasteiger partial charge in [-0.3, -0.25) is 9.59 Å². The molecule has 5 heteroatoms. The second-order valence-electron chi connectivity index (χ2n) is 9.99. The molecule has 2 aromatic carbocycles. The van der Waals surface area contributed by atoms with Crippen LogP contribution in [-0.4, -0.2) is 34.9 Å². The molecule has 0 saturated carbocycles. The van der Waals surface area contributed by atoms with Crippen LogP contribution in [0.1, 0.15) is 59.6 Å². The first-order valence-corrected chi connectivity index (χ1v) is 10.8. The first-order chi connectivity index (χ1) is 14.4. The van der Waals surface area contributed by atoms with Crippen LogP contribution in [-0.2, 0) is 21.5 Å². The molecule has 0 saturated heterocycles. The van der Waals surface area contributed by atoms with E-state index in [0.717, 1.165) is 5.56 Å². The highest BCUT2D eigenvalue weighted by molar-refractivity contribution is 5.88. The van der Waals surface area contributed by atoms with Gasteiger partial charge in [0.1, 0.15) is 11.8 Å². The summed E-state index contributed by atoms with van der Waals surface area (Å²) in [6.45, 7) is 14.2. The van der Waals surface area contributed by atoms with Gasteiger partial charge < -0.3 is 15.0 Å². The lowest BCUT2D eigenvalue weighted by Crippen LogP contribution is -2.53. The van der Waals surface area contributed by atoms with E-state index in [4.69, 9.17) is 4.74 Å². The fourth-order valence-electron chi connectivity index (χ4n) is 3.12. The van der Waals surface area contributed by atoms with E-state index in [2.05, 4.69) is 26.1 Å². The van der Waals surface area contributed by atoms with Crippen LogP contribution < -0.4 is 10.1 Å². The van der Waals surface area contributed by atoms with Gasteiger partial charge in [0.15, 0.2) is 6.61 Å². The summed E-state index contributed by atoms with van der Waals surface area (Å²) in [7, 11) is 0. The van der Waals surface area contributed by atoms with Crippen LogP contribution in [0.3, 0.4) is 0 Å². The number of hydrogen-bond acceptors (Lipinski definition) is 3. The fourth-order valence-corrected chi connectivity index (χ4v) is 3.12. The lowest BCUT2D eigenvalue weighted by molar-refractivity contribution is -0.142. The molecule has 0 spiro atoms.